The van der Waals surface area contributed by atoms with Crippen LogP contribution in [0.15, 0.2) is 12.3 Å². The van der Waals surface area contributed by atoms with Gasteiger partial charge in [-0.15, -0.1) is 0 Å². The van der Waals surface area contributed by atoms with Crippen LogP contribution in [0.4, 0.5) is 5.95 Å². The van der Waals surface area contributed by atoms with Gasteiger partial charge >= 0.3 is 0 Å². The average molecular weight is 356 g/mol. The molecule has 2 aliphatic rings. The van der Waals surface area contributed by atoms with Crippen LogP contribution < -0.4 is 5.73 Å². The summed E-state index contributed by atoms with van der Waals surface area (Å²) in [4.78, 5) is 26.2. The second kappa shape index (κ2) is 7.23. The number of piperazine rings is 1. The van der Waals surface area contributed by atoms with Crippen molar-refractivity contribution in [2.45, 2.75) is 51.6 Å². The fourth-order valence-corrected chi connectivity index (χ4v) is 4.38. The predicted molar refractivity (Wildman–Crippen MR) is 102 cm³/mol. The SMILES string of the molecule is CCn1c(N)nc2cc(C(=O)N3CCN(C4CCCCC4)CC3)cnc21. The number of rotatable bonds is 3. The number of carbonyl (C=O) groups excluding carboxylic acids is 1. The lowest BCUT2D eigenvalue weighted by Crippen LogP contribution is -2.52. The molecule has 0 spiro atoms. The molecule has 26 heavy (non-hydrogen) atoms. The van der Waals surface area contributed by atoms with Crippen LogP contribution in [0.2, 0.25) is 0 Å². The highest BCUT2D eigenvalue weighted by molar-refractivity contribution is 5.96. The number of anilines is 1. The van der Waals surface area contributed by atoms with Crippen molar-refractivity contribution in [1.29, 1.82) is 0 Å². The van der Waals surface area contributed by atoms with Gasteiger partial charge in [-0.1, -0.05) is 19.3 Å². The van der Waals surface area contributed by atoms with Crippen LogP contribution >= 0.6 is 0 Å². The smallest absolute Gasteiger partial charge is 0.255 e. The summed E-state index contributed by atoms with van der Waals surface area (Å²) in [5.41, 5.74) is 7.96. The molecule has 0 atom stereocenters. The largest absolute Gasteiger partial charge is 0.369 e. The quantitative estimate of drug-likeness (QED) is 0.911. The van der Waals surface area contributed by atoms with Crippen molar-refractivity contribution in [1.82, 2.24) is 24.3 Å². The van der Waals surface area contributed by atoms with Crippen LogP contribution in [0.5, 0.6) is 0 Å². The number of nitrogens with zero attached hydrogens (tertiary/aromatic N) is 5. The molecule has 0 radical (unpaired) electrons. The molecular weight excluding hydrogens is 328 g/mol. The monoisotopic (exact) mass is 356 g/mol. The summed E-state index contributed by atoms with van der Waals surface area (Å²) in [5, 5.41) is 0. The lowest BCUT2D eigenvalue weighted by atomic mass is 9.94. The minimum Gasteiger partial charge on any atom is -0.369 e. The fourth-order valence-electron chi connectivity index (χ4n) is 4.38. The summed E-state index contributed by atoms with van der Waals surface area (Å²) >= 11 is 0. The van der Waals surface area contributed by atoms with Crippen LogP contribution in [0.25, 0.3) is 11.2 Å². The van der Waals surface area contributed by atoms with E-state index < -0.39 is 0 Å². The second-order valence-electron chi connectivity index (χ2n) is 7.40. The minimum atomic E-state index is 0.0484. The number of pyridine rings is 1. The Balaban J connectivity index is 1.44. The van der Waals surface area contributed by atoms with Gasteiger partial charge in [0.15, 0.2) is 5.65 Å². The van der Waals surface area contributed by atoms with E-state index in [4.69, 9.17) is 5.73 Å². The van der Waals surface area contributed by atoms with E-state index in [1.807, 2.05) is 22.5 Å². The first-order valence-corrected chi connectivity index (χ1v) is 9.82. The summed E-state index contributed by atoms with van der Waals surface area (Å²) < 4.78 is 1.85. The Morgan fingerprint density at radius 1 is 1.19 bits per heavy atom. The van der Waals surface area contributed by atoms with E-state index in [1.165, 1.54) is 32.1 Å². The van der Waals surface area contributed by atoms with E-state index in [0.29, 0.717) is 23.6 Å². The number of hydrogen-bond acceptors (Lipinski definition) is 5. The van der Waals surface area contributed by atoms with Crippen LogP contribution in [0.1, 0.15) is 49.4 Å². The van der Waals surface area contributed by atoms with Gasteiger partial charge in [-0.2, -0.15) is 0 Å². The van der Waals surface area contributed by atoms with Gasteiger partial charge in [0.05, 0.1) is 5.56 Å². The predicted octanol–water partition coefficient (Wildman–Crippen LogP) is 2.12. The molecule has 140 valence electrons. The van der Waals surface area contributed by atoms with Crippen LogP contribution in [0.3, 0.4) is 0 Å². The molecule has 7 heteroatoms. The van der Waals surface area contributed by atoms with E-state index in [9.17, 15) is 4.79 Å². The van der Waals surface area contributed by atoms with Gasteiger partial charge in [0, 0.05) is 45.0 Å². The van der Waals surface area contributed by atoms with Crippen molar-refractivity contribution in [2.75, 3.05) is 31.9 Å². The molecule has 0 bridgehead atoms. The van der Waals surface area contributed by atoms with E-state index in [2.05, 4.69) is 14.9 Å². The first kappa shape index (κ1) is 17.3. The van der Waals surface area contributed by atoms with E-state index in [1.54, 1.807) is 6.20 Å². The maximum atomic E-state index is 12.9. The van der Waals surface area contributed by atoms with Gasteiger partial charge in [0.2, 0.25) is 5.95 Å². The Morgan fingerprint density at radius 2 is 1.92 bits per heavy atom. The Kier molecular flexibility index (Phi) is 4.80. The van der Waals surface area contributed by atoms with E-state index >= 15 is 0 Å². The molecule has 2 N–H and O–H groups in total. The summed E-state index contributed by atoms with van der Waals surface area (Å²) in [7, 11) is 0. The first-order valence-electron chi connectivity index (χ1n) is 9.82. The average Bonchev–Trinajstić information content (AvgIpc) is 3.02. The molecule has 1 amide bonds. The van der Waals surface area contributed by atoms with Crippen LogP contribution in [0, 0.1) is 0 Å². The molecule has 1 aliphatic heterocycles. The highest BCUT2D eigenvalue weighted by atomic mass is 16.2. The Labute approximate surface area is 154 Å². The van der Waals surface area contributed by atoms with Crippen molar-refractivity contribution in [3.63, 3.8) is 0 Å². The topological polar surface area (TPSA) is 80.3 Å². The van der Waals surface area contributed by atoms with Crippen molar-refractivity contribution in [3.05, 3.63) is 17.8 Å². The number of nitrogens with two attached hydrogens (primary N) is 1. The molecule has 0 aromatic carbocycles. The number of amides is 1. The lowest BCUT2D eigenvalue weighted by molar-refractivity contribution is 0.0523. The van der Waals surface area contributed by atoms with Crippen molar-refractivity contribution in [3.8, 4) is 0 Å². The third-order valence-electron chi connectivity index (χ3n) is 5.87. The summed E-state index contributed by atoms with van der Waals surface area (Å²) in [6.45, 7) is 6.25. The summed E-state index contributed by atoms with van der Waals surface area (Å²) in [6.07, 6.45) is 8.37. The van der Waals surface area contributed by atoms with Crippen molar-refractivity contribution >= 4 is 23.0 Å². The second-order valence-corrected chi connectivity index (χ2v) is 7.40. The number of nitrogen functional groups attached to an aromatic ring is 1. The van der Waals surface area contributed by atoms with Gasteiger partial charge in [0.25, 0.3) is 5.91 Å². The zero-order chi connectivity index (χ0) is 18.1. The molecule has 1 saturated carbocycles. The molecule has 0 unspecified atom stereocenters. The zero-order valence-electron chi connectivity index (χ0n) is 15.5. The van der Waals surface area contributed by atoms with Crippen LogP contribution in [-0.4, -0.2) is 62.5 Å². The third kappa shape index (κ3) is 3.16. The maximum Gasteiger partial charge on any atom is 0.255 e. The number of imidazole rings is 1. The Bertz CT molecular complexity index is 787. The number of carbonyl (C=O) groups is 1. The fraction of sp³-hybridized carbons (Fsp3) is 0.632. The highest BCUT2D eigenvalue weighted by Gasteiger charge is 2.27. The van der Waals surface area contributed by atoms with E-state index in [0.717, 1.165) is 37.9 Å². The zero-order valence-corrected chi connectivity index (χ0v) is 15.5. The Hall–Kier alpha value is -2.15. The highest BCUT2D eigenvalue weighted by Crippen LogP contribution is 2.24. The minimum absolute atomic E-state index is 0.0484. The van der Waals surface area contributed by atoms with Crippen LogP contribution in [-0.2, 0) is 6.54 Å². The summed E-state index contributed by atoms with van der Waals surface area (Å²) in [5.74, 6) is 0.494. The van der Waals surface area contributed by atoms with Gasteiger partial charge in [-0.3, -0.25) is 14.3 Å². The van der Waals surface area contributed by atoms with Gasteiger partial charge in [-0.25, -0.2) is 9.97 Å². The number of aromatic nitrogens is 3. The first-order chi connectivity index (χ1) is 12.7. The number of hydrogen-bond donors (Lipinski definition) is 1. The van der Waals surface area contributed by atoms with Gasteiger partial charge in [0.1, 0.15) is 5.52 Å². The number of aryl methyl sites for hydroxylation is 1. The number of fused-ring (bicyclic) bond motifs is 1. The molecular formula is C19H28N6O. The molecule has 1 aliphatic carbocycles. The maximum absolute atomic E-state index is 12.9. The van der Waals surface area contributed by atoms with Gasteiger partial charge in [-0.05, 0) is 25.8 Å². The Morgan fingerprint density at radius 3 is 2.62 bits per heavy atom. The third-order valence-corrected chi connectivity index (χ3v) is 5.87. The molecule has 1 saturated heterocycles. The molecule has 2 aromatic rings. The standard InChI is InChI=1S/C19H28N6O/c1-2-25-17-16(22-19(25)20)12-14(13-21-17)18(26)24-10-8-23(9-11-24)15-6-4-3-5-7-15/h12-13,15H,2-11H2,1H3,(H2,20,22). The molecule has 3 heterocycles. The van der Waals surface area contributed by atoms with Crippen molar-refractivity contribution < 1.29 is 4.79 Å². The normalized spacial score (nSPS) is 20.0. The molecule has 4 rings (SSSR count). The molecule has 7 nitrogen and oxygen atoms in total. The molecule has 2 aromatic heterocycles. The molecule has 2 fully saturated rings. The van der Waals surface area contributed by atoms with E-state index in [-0.39, 0.29) is 5.91 Å². The summed E-state index contributed by atoms with van der Waals surface area (Å²) in [6, 6.07) is 2.54. The van der Waals surface area contributed by atoms with Gasteiger partial charge < -0.3 is 10.6 Å². The lowest BCUT2D eigenvalue weighted by Gasteiger charge is -2.40. The van der Waals surface area contributed by atoms with Crippen molar-refractivity contribution in [2.24, 2.45) is 0 Å².